The standard InChI is InChI=1S/C16H22N2O2S/c19-15(12-14-6-2-11-21-14)17-7-3-8-18(10-9-17)16(20)13-4-1-5-13/h2,6,11,13H,1,3-5,7-10,12H2. The zero-order valence-electron chi connectivity index (χ0n) is 12.3. The molecule has 21 heavy (non-hydrogen) atoms. The van der Waals surface area contributed by atoms with Crippen LogP contribution in [0.5, 0.6) is 0 Å². The van der Waals surface area contributed by atoms with Crippen LogP contribution in [0.4, 0.5) is 0 Å². The summed E-state index contributed by atoms with van der Waals surface area (Å²) in [5.41, 5.74) is 0. The highest BCUT2D eigenvalue weighted by atomic mass is 32.1. The van der Waals surface area contributed by atoms with E-state index in [0.717, 1.165) is 37.2 Å². The van der Waals surface area contributed by atoms with Crippen LogP contribution in [0, 0.1) is 5.92 Å². The highest BCUT2D eigenvalue weighted by Gasteiger charge is 2.30. The Morgan fingerprint density at radius 3 is 2.52 bits per heavy atom. The predicted octanol–water partition coefficient (Wildman–Crippen LogP) is 2.15. The lowest BCUT2D eigenvalue weighted by Gasteiger charge is -2.31. The number of amides is 2. The van der Waals surface area contributed by atoms with E-state index in [1.807, 2.05) is 27.3 Å². The van der Waals surface area contributed by atoms with Gasteiger partial charge < -0.3 is 9.80 Å². The van der Waals surface area contributed by atoms with Crippen molar-refractivity contribution in [2.45, 2.75) is 32.1 Å². The average molecular weight is 306 g/mol. The van der Waals surface area contributed by atoms with Gasteiger partial charge in [-0.3, -0.25) is 9.59 Å². The third-order valence-electron chi connectivity index (χ3n) is 4.52. The van der Waals surface area contributed by atoms with Gasteiger partial charge in [-0.25, -0.2) is 0 Å². The molecule has 0 N–H and O–H groups in total. The van der Waals surface area contributed by atoms with Crippen molar-refractivity contribution in [3.05, 3.63) is 22.4 Å². The normalized spacial score (nSPS) is 20.0. The Morgan fingerprint density at radius 1 is 1.10 bits per heavy atom. The summed E-state index contributed by atoms with van der Waals surface area (Å²) in [4.78, 5) is 29.6. The van der Waals surface area contributed by atoms with Crippen LogP contribution in [0.15, 0.2) is 17.5 Å². The summed E-state index contributed by atoms with van der Waals surface area (Å²) in [6, 6.07) is 3.99. The molecule has 0 radical (unpaired) electrons. The fourth-order valence-corrected chi connectivity index (χ4v) is 3.67. The molecule has 3 rings (SSSR count). The molecule has 2 amide bonds. The fourth-order valence-electron chi connectivity index (χ4n) is 2.97. The Kier molecular flexibility index (Phi) is 4.58. The molecule has 2 heterocycles. The first-order valence-electron chi connectivity index (χ1n) is 7.83. The van der Waals surface area contributed by atoms with E-state index in [4.69, 9.17) is 0 Å². The zero-order chi connectivity index (χ0) is 14.7. The lowest BCUT2D eigenvalue weighted by atomic mass is 9.84. The Morgan fingerprint density at radius 2 is 1.86 bits per heavy atom. The van der Waals surface area contributed by atoms with E-state index in [9.17, 15) is 9.59 Å². The summed E-state index contributed by atoms with van der Waals surface area (Å²) in [5.74, 6) is 0.766. The minimum absolute atomic E-state index is 0.190. The second-order valence-electron chi connectivity index (χ2n) is 5.94. The maximum absolute atomic E-state index is 12.3. The lowest BCUT2D eigenvalue weighted by Crippen LogP contribution is -2.41. The number of nitrogens with zero attached hydrogens (tertiary/aromatic N) is 2. The van der Waals surface area contributed by atoms with Crippen LogP contribution in [0.1, 0.15) is 30.6 Å². The Labute approximate surface area is 129 Å². The van der Waals surface area contributed by atoms with E-state index in [0.29, 0.717) is 25.4 Å². The molecule has 5 heteroatoms. The number of carbonyl (C=O) groups excluding carboxylic acids is 2. The van der Waals surface area contributed by atoms with Crippen LogP contribution < -0.4 is 0 Å². The smallest absolute Gasteiger partial charge is 0.227 e. The molecule has 4 nitrogen and oxygen atoms in total. The lowest BCUT2D eigenvalue weighted by molar-refractivity contribution is -0.138. The molecular formula is C16H22N2O2S. The Balaban J connectivity index is 1.52. The molecule has 2 fully saturated rings. The SMILES string of the molecule is O=C(Cc1cccs1)N1CCCN(C(=O)C2CCC2)CC1. The largest absolute Gasteiger partial charge is 0.341 e. The summed E-state index contributed by atoms with van der Waals surface area (Å²) in [6.07, 6.45) is 4.69. The van der Waals surface area contributed by atoms with Gasteiger partial charge in [0, 0.05) is 37.0 Å². The van der Waals surface area contributed by atoms with E-state index in [1.165, 1.54) is 6.42 Å². The summed E-state index contributed by atoms with van der Waals surface area (Å²) < 4.78 is 0. The summed E-state index contributed by atoms with van der Waals surface area (Å²) in [6.45, 7) is 2.96. The Hall–Kier alpha value is -1.36. The number of hydrogen-bond acceptors (Lipinski definition) is 3. The van der Waals surface area contributed by atoms with E-state index in [1.54, 1.807) is 11.3 Å². The van der Waals surface area contributed by atoms with Gasteiger partial charge in [0.2, 0.25) is 11.8 Å². The van der Waals surface area contributed by atoms with Gasteiger partial charge in [-0.05, 0) is 30.7 Å². The molecule has 1 aromatic heterocycles. The Bertz CT molecular complexity index is 496. The maximum atomic E-state index is 12.3. The van der Waals surface area contributed by atoms with Gasteiger partial charge in [-0.1, -0.05) is 12.5 Å². The van der Waals surface area contributed by atoms with Crippen LogP contribution in [0.3, 0.4) is 0 Å². The number of rotatable bonds is 3. The van der Waals surface area contributed by atoms with E-state index >= 15 is 0 Å². The summed E-state index contributed by atoms with van der Waals surface area (Å²) in [5, 5.41) is 2.00. The predicted molar refractivity (Wildman–Crippen MR) is 83.1 cm³/mol. The van der Waals surface area contributed by atoms with Crippen LogP contribution in [-0.4, -0.2) is 47.8 Å². The van der Waals surface area contributed by atoms with E-state index < -0.39 is 0 Å². The minimum atomic E-state index is 0.190. The van der Waals surface area contributed by atoms with Gasteiger partial charge in [0.15, 0.2) is 0 Å². The van der Waals surface area contributed by atoms with Gasteiger partial charge in [0.05, 0.1) is 6.42 Å². The van der Waals surface area contributed by atoms with Crippen LogP contribution in [-0.2, 0) is 16.0 Å². The van der Waals surface area contributed by atoms with Gasteiger partial charge in [0.25, 0.3) is 0 Å². The highest BCUT2D eigenvalue weighted by molar-refractivity contribution is 7.10. The van der Waals surface area contributed by atoms with Gasteiger partial charge in [0.1, 0.15) is 0 Å². The van der Waals surface area contributed by atoms with Crippen LogP contribution >= 0.6 is 11.3 Å². The molecule has 1 saturated heterocycles. The molecule has 0 spiro atoms. The van der Waals surface area contributed by atoms with Crippen molar-refractivity contribution in [3.63, 3.8) is 0 Å². The molecule has 0 aromatic carbocycles. The van der Waals surface area contributed by atoms with Crippen molar-refractivity contribution in [1.82, 2.24) is 9.80 Å². The second kappa shape index (κ2) is 6.60. The second-order valence-corrected chi connectivity index (χ2v) is 6.98. The molecule has 0 atom stereocenters. The third kappa shape index (κ3) is 3.46. The molecule has 1 aliphatic heterocycles. The fraction of sp³-hybridized carbons (Fsp3) is 0.625. The summed E-state index contributed by atoms with van der Waals surface area (Å²) in [7, 11) is 0. The third-order valence-corrected chi connectivity index (χ3v) is 5.40. The average Bonchev–Trinajstić information content (AvgIpc) is 2.78. The topological polar surface area (TPSA) is 40.6 Å². The first kappa shape index (κ1) is 14.6. The molecular weight excluding hydrogens is 284 g/mol. The molecule has 1 aliphatic carbocycles. The van der Waals surface area contributed by atoms with E-state index in [2.05, 4.69) is 0 Å². The monoisotopic (exact) mass is 306 g/mol. The van der Waals surface area contributed by atoms with Crippen molar-refractivity contribution >= 4 is 23.2 Å². The molecule has 2 aliphatic rings. The minimum Gasteiger partial charge on any atom is -0.341 e. The van der Waals surface area contributed by atoms with Crippen molar-refractivity contribution in [1.29, 1.82) is 0 Å². The van der Waals surface area contributed by atoms with Gasteiger partial charge in [-0.15, -0.1) is 11.3 Å². The van der Waals surface area contributed by atoms with Crippen LogP contribution in [0.2, 0.25) is 0 Å². The molecule has 0 unspecified atom stereocenters. The number of carbonyl (C=O) groups is 2. The molecule has 114 valence electrons. The van der Waals surface area contributed by atoms with Gasteiger partial charge >= 0.3 is 0 Å². The molecule has 0 bridgehead atoms. The van der Waals surface area contributed by atoms with Gasteiger partial charge in [-0.2, -0.15) is 0 Å². The van der Waals surface area contributed by atoms with E-state index in [-0.39, 0.29) is 11.8 Å². The molecule has 1 saturated carbocycles. The maximum Gasteiger partial charge on any atom is 0.227 e. The first-order chi connectivity index (χ1) is 10.2. The quantitative estimate of drug-likeness (QED) is 0.858. The van der Waals surface area contributed by atoms with Crippen molar-refractivity contribution in [2.75, 3.05) is 26.2 Å². The van der Waals surface area contributed by atoms with Crippen molar-refractivity contribution in [3.8, 4) is 0 Å². The highest BCUT2D eigenvalue weighted by Crippen LogP contribution is 2.28. The zero-order valence-corrected chi connectivity index (χ0v) is 13.1. The summed E-state index contributed by atoms with van der Waals surface area (Å²) >= 11 is 1.63. The number of hydrogen-bond donors (Lipinski definition) is 0. The molecule has 1 aromatic rings. The first-order valence-corrected chi connectivity index (χ1v) is 8.71. The number of thiophene rings is 1. The van der Waals surface area contributed by atoms with Crippen LogP contribution in [0.25, 0.3) is 0 Å². The van der Waals surface area contributed by atoms with Crippen molar-refractivity contribution in [2.24, 2.45) is 5.92 Å². The van der Waals surface area contributed by atoms with Crippen molar-refractivity contribution < 1.29 is 9.59 Å².